The lowest BCUT2D eigenvalue weighted by Crippen LogP contribution is -2.34. The lowest BCUT2D eigenvalue weighted by molar-refractivity contribution is -0.118. The second kappa shape index (κ2) is 5.92. The summed E-state index contributed by atoms with van der Waals surface area (Å²) in [7, 11) is 0. The minimum atomic E-state index is -0.280. The molecule has 19 heavy (non-hydrogen) atoms. The number of rotatable bonds is 4. The van der Waals surface area contributed by atoms with Gasteiger partial charge in [0, 0.05) is 12.1 Å². The number of amides is 1. The van der Waals surface area contributed by atoms with Gasteiger partial charge < -0.3 is 11.1 Å². The molecule has 1 unspecified atom stereocenters. The Morgan fingerprint density at radius 3 is 2.68 bits per heavy atom. The first-order valence-electron chi connectivity index (χ1n) is 6.32. The average Bonchev–Trinajstić information content (AvgIpc) is 2.79. The maximum absolute atomic E-state index is 12.2. The van der Waals surface area contributed by atoms with E-state index in [1.807, 2.05) is 31.2 Å². The van der Waals surface area contributed by atoms with Crippen molar-refractivity contribution >= 4 is 40.6 Å². The van der Waals surface area contributed by atoms with Gasteiger partial charge in [0.2, 0.25) is 5.91 Å². The van der Waals surface area contributed by atoms with Crippen LogP contribution in [0.2, 0.25) is 0 Å². The second-order valence-electron chi connectivity index (χ2n) is 4.98. The van der Waals surface area contributed by atoms with Gasteiger partial charge in [-0.25, -0.2) is 0 Å². The summed E-state index contributed by atoms with van der Waals surface area (Å²) in [5.74, 6) is 1.16. The summed E-state index contributed by atoms with van der Waals surface area (Å²) in [6.45, 7) is 2.02. The molecule has 1 aromatic rings. The third-order valence-corrected chi connectivity index (χ3v) is 4.95. The third-order valence-electron chi connectivity index (χ3n) is 3.29. The van der Waals surface area contributed by atoms with E-state index in [0.717, 1.165) is 29.8 Å². The van der Waals surface area contributed by atoms with Crippen LogP contribution in [0.4, 0.5) is 5.69 Å². The third kappa shape index (κ3) is 3.70. The van der Waals surface area contributed by atoms with Crippen LogP contribution in [-0.2, 0) is 11.2 Å². The van der Waals surface area contributed by atoms with Gasteiger partial charge in [-0.2, -0.15) is 0 Å². The maximum atomic E-state index is 12.2. The Morgan fingerprint density at radius 2 is 2.16 bits per heavy atom. The van der Waals surface area contributed by atoms with Crippen LogP contribution in [-0.4, -0.2) is 21.4 Å². The maximum Gasteiger partial charge on any atom is 0.240 e. The Bertz CT molecular complexity index is 479. The molecule has 1 fully saturated rings. The fraction of sp³-hybridized carbons (Fsp3) is 0.429. The average molecular weight is 294 g/mol. The molecule has 1 aliphatic rings. The molecule has 0 aromatic heterocycles. The minimum Gasteiger partial charge on any atom is -0.393 e. The van der Waals surface area contributed by atoms with Crippen LogP contribution < -0.4 is 11.1 Å². The van der Waals surface area contributed by atoms with Crippen molar-refractivity contribution in [2.75, 3.05) is 11.1 Å². The summed E-state index contributed by atoms with van der Waals surface area (Å²) in [6.07, 6.45) is 2.65. The van der Waals surface area contributed by atoms with Gasteiger partial charge in [0.15, 0.2) is 0 Å². The van der Waals surface area contributed by atoms with Crippen molar-refractivity contribution in [3.05, 3.63) is 29.8 Å². The molecule has 102 valence electrons. The van der Waals surface area contributed by atoms with E-state index in [2.05, 4.69) is 5.32 Å². The Kier molecular flexibility index (Phi) is 4.47. The zero-order chi connectivity index (χ0) is 13.9. The molecule has 0 spiro atoms. The predicted octanol–water partition coefficient (Wildman–Crippen LogP) is 2.74. The highest BCUT2D eigenvalue weighted by atomic mass is 32.2. The Morgan fingerprint density at radius 1 is 1.47 bits per heavy atom. The molecule has 1 atom stereocenters. The number of carbonyl (C=O) groups excluding carboxylic acids is 1. The van der Waals surface area contributed by atoms with Crippen molar-refractivity contribution in [3.8, 4) is 0 Å². The SMILES string of the molecule is CC1(C(=O)Nc2ccc(CC(N)=S)cc2)CCCS1. The molecule has 2 rings (SSSR count). The minimum absolute atomic E-state index is 0.0945. The van der Waals surface area contributed by atoms with E-state index in [9.17, 15) is 4.79 Å². The summed E-state index contributed by atoms with van der Waals surface area (Å²) in [4.78, 5) is 12.7. The number of anilines is 1. The van der Waals surface area contributed by atoms with Gasteiger partial charge in [-0.1, -0.05) is 24.4 Å². The molecule has 0 radical (unpaired) electrons. The molecule has 3 N–H and O–H groups in total. The monoisotopic (exact) mass is 294 g/mol. The van der Waals surface area contributed by atoms with Crippen molar-refractivity contribution in [1.82, 2.24) is 0 Å². The van der Waals surface area contributed by atoms with Gasteiger partial charge in [-0.05, 0) is 43.2 Å². The van der Waals surface area contributed by atoms with Gasteiger partial charge in [-0.15, -0.1) is 11.8 Å². The van der Waals surface area contributed by atoms with Crippen LogP contribution in [0.5, 0.6) is 0 Å². The summed E-state index contributed by atoms with van der Waals surface area (Å²) < 4.78 is -0.280. The van der Waals surface area contributed by atoms with Gasteiger partial charge in [0.05, 0.1) is 9.74 Å². The predicted molar refractivity (Wildman–Crippen MR) is 85.7 cm³/mol. The number of nitrogens with one attached hydrogen (secondary N) is 1. The first-order chi connectivity index (χ1) is 8.99. The summed E-state index contributed by atoms with van der Waals surface area (Å²) in [6, 6.07) is 7.68. The number of hydrogen-bond donors (Lipinski definition) is 2. The molecule has 1 aromatic carbocycles. The van der Waals surface area contributed by atoms with Gasteiger partial charge in [0.1, 0.15) is 0 Å². The topological polar surface area (TPSA) is 55.1 Å². The van der Waals surface area contributed by atoms with E-state index in [4.69, 9.17) is 18.0 Å². The number of thiocarbonyl (C=S) groups is 1. The van der Waals surface area contributed by atoms with E-state index < -0.39 is 0 Å². The molecule has 1 aliphatic heterocycles. The van der Waals surface area contributed by atoms with Crippen LogP contribution >= 0.6 is 24.0 Å². The zero-order valence-electron chi connectivity index (χ0n) is 10.9. The van der Waals surface area contributed by atoms with Crippen molar-refractivity contribution < 1.29 is 4.79 Å². The molecule has 1 amide bonds. The van der Waals surface area contributed by atoms with Crippen LogP contribution in [0, 0.1) is 0 Å². The van der Waals surface area contributed by atoms with E-state index in [1.165, 1.54) is 0 Å². The first kappa shape index (κ1) is 14.3. The number of hydrogen-bond acceptors (Lipinski definition) is 3. The second-order valence-corrected chi connectivity index (χ2v) is 7.10. The fourth-order valence-electron chi connectivity index (χ4n) is 2.13. The largest absolute Gasteiger partial charge is 0.393 e. The summed E-state index contributed by atoms with van der Waals surface area (Å²) >= 11 is 6.61. The van der Waals surface area contributed by atoms with Gasteiger partial charge in [0.25, 0.3) is 0 Å². The first-order valence-corrected chi connectivity index (χ1v) is 7.72. The van der Waals surface area contributed by atoms with E-state index >= 15 is 0 Å². The van der Waals surface area contributed by atoms with Gasteiger partial charge in [-0.3, -0.25) is 4.79 Å². The Balaban J connectivity index is 1.99. The summed E-state index contributed by atoms with van der Waals surface area (Å²) in [5.41, 5.74) is 7.39. The number of thioether (sulfide) groups is 1. The van der Waals surface area contributed by atoms with Crippen LogP contribution in [0.1, 0.15) is 25.3 Å². The lowest BCUT2D eigenvalue weighted by atomic mass is 10.0. The number of carbonyl (C=O) groups is 1. The molecule has 5 heteroatoms. The quantitative estimate of drug-likeness (QED) is 0.838. The molecule has 0 aliphatic carbocycles. The van der Waals surface area contributed by atoms with E-state index in [-0.39, 0.29) is 10.7 Å². The Labute approximate surface area is 123 Å². The van der Waals surface area contributed by atoms with Gasteiger partial charge >= 0.3 is 0 Å². The molecular formula is C14H18N2OS2. The smallest absolute Gasteiger partial charge is 0.240 e. The van der Waals surface area contributed by atoms with Crippen molar-refractivity contribution in [1.29, 1.82) is 0 Å². The molecule has 3 nitrogen and oxygen atoms in total. The molecule has 1 saturated heterocycles. The number of benzene rings is 1. The molecule has 1 heterocycles. The van der Waals surface area contributed by atoms with Crippen molar-refractivity contribution in [3.63, 3.8) is 0 Å². The highest BCUT2D eigenvalue weighted by Gasteiger charge is 2.37. The van der Waals surface area contributed by atoms with Crippen molar-refractivity contribution in [2.24, 2.45) is 5.73 Å². The normalized spacial score (nSPS) is 22.2. The van der Waals surface area contributed by atoms with Crippen molar-refractivity contribution in [2.45, 2.75) is 30.9 Å². The fourth-order valence-corrected chi connectivity index (χ4v) is 3.51. The highest BCUT2D eigenvalue weighted by molar-refractivity contribution is 8.01. The van der Waals surface area contributed by atoms with E-state index in [0.29, 0.717) is 11.4 Å². The van der Waals surface area contributed by atoms with Crippen LogP contribution in [0.15, 0.2) is 24.3 Å². The molecule has 0 saturated carbocycles. The standard InChI is InChI=1S/C14H18N2OS2/c1-14(7-2-8-19-14)13(17)16-11-5-3-10(4-6-11)9-12(15)18/h3-6H,2,7-9H2,1H3,(H2,15,18)(H,16,17). The zero-order valence-corrected chi connectivity index (χ0v) is 12.6. The highest BCUT2D eigenvalue weighted by Crippen LogP contribution is 2.38. The lowest BCUT2D eigenvalue weighted by Gasteiger charge is -2.21. The number of nitrogens with two attached hydrogens (primary N) is 1. The summed E-state index contributed by atoms with van der Waals surface area (Å²) in [5, 5.41) is 2.98. The van der Waals surface area contributed by atoms with Crippen LogP contribution in [0.25, 0.3) is 0 Å². The Hall–Kier alpha value is -1.07. The molecule has 0 bridgehead atoms. The molecular weight excluding hydrogens is 276 g/mol. The van der Waals surface area contributed by atoms with E-state index in [1.54, 1.807) is 11.8 Å². The van der Waals surface area contributed by atoms with Crippen LogP contribution in [0.3, 0.4) is 0 Å².